The summed E-state index contributed by atoms with van der Waals surface area (Å²) in [6.07, 6.45) is 4.55. The number of ether oxygens (including phenoxy) is 1. The smallest absolute Gasteiger partial charge is 0.241 e. The minimum atomic E-state index is -1.30. The maximum atomic E-state index is 13.6. The average Bonchev–Trinajstić information content (AvgIpc) is 3.31. The van der Waals surface area contributed by atoms with Crippen molar-refractivity contribution in [3.05, 3.63) is 34.9 Å². The van der Waals surface area contributed by atoms with Crippen LogP contribution in [0.15, 0.2) is 24.3 Å². The Balaban J connectivity index is 1.54. The second-order valence-corrected chi connectivity index (χ2v) is 9.89. The van der Waals surface area contributed by atoms with Crippen molar-refractivity contribution in [1.29, 1.82) is 0 Å². The molecule has 3 fully saturated rings. The standard InChI is InChI=1S/C24H33ClN4O4/c1-28(15-20-16-7-3-6-10-19(16)26-27-20)21(30)13-24(17-8-4-5-9-18(17)25)14-22(31)29(23(24)32)11-12-33-2/h4-5,8-9,16,19-20,26-27H,3,6-7,10-15H2,1-2H3. The minimum Gasteiger partial charge on any atom is -0.383 e. The van der Waals surface area contributed by atoms with Crippen LogP contribution in [0.1, 0.15) is 44.1 Å². The Hall–Kier alpha value is -2.00. The van der Waals surface area contributed by atoms with Gasteiger partial charge in [0, 0.05) is 50.7 Å². The van der Waals surface area contributed by atoms with Gasteiger partial charge in [-0.3, -0.25) is 30.1 Å². The number of likely N-dealkylation sites (N-methyl/N-ethyl adjacent to an activating group) is 1. The lowest BCUT2D eigenvalue weighted by Crippen LogP contribution is -2.47. The molecule has 2 saturated heterocycles. The van der Waals surface area contributed by atoms with Gasteiger partial charge in [0.15, 0.2) is 0 Å². The van der Waals surface area contributed by atoms with Crippen LogP contribution in [-0.2, 0) is 24.5 Å². The topological polar surface area (TPSA) is 91.0 Å². The van der Waals surface area contributed by atoms with Gasteiger partial charge in [-0.1, -0.05) is 42.6 Å². The van der Waals surface area contributed by atoms with E-state index in [-0.39, 0.29) is 49.8 Å². The number of amides is 3. The average molecular weight is 477 g/mol. The molecule has 4 unspecified atom stereocenters. The number of nitrogens with zero attached hydrogens (tertiary/aromatic N) is 2. The Bertz CT molecular complexity index is 912. The van der Waals surface area contributed by atoms with Crippen LogP contribution < -0.4 is 10.9 Å². The molecule has 2 heterocycles. The summed E-state index contributed by atoms with van der Waals surface area (Å²) < 4.78 is 5.07. The first-order valence-electron chi connectivity index (χ1n) is 11.7. The van der Waals surface area contributed by atoms with Crippen LogP contribution in [0.4, 0.5) is 0 Å². The molecule has 3 amide bonds. The maximum absolute atomic E-state index is 13.6. The van der Waals surface area contributed by atoms with Crippen molar-refractivity contribution >= 4 is 29.3 Å². The van der Waals surface area contributed by atoms with Crippen molar-refractivity contribution in [3.8, 4) is 0 Å². The molecule has 0 spiro atoms. The summed E-state index contributed by atoms with van der Waals surface area (Å²) in [5.74, 6) is -0.372. The number of nitrogens with one attached hydrogen (secondary N) is 2. The Morgan fingerprint density at radius 2 is 2.00 bits per heavy atom. The molecule has 1 aliphatic carbocycles. The Labute approximate surface area is 199 Å². The van der Waals surface area contributed by atoms with Gasteiger partial charge in [0.2, 0.25) is 17.7 Å². The third-order valence-electron chi connectivity index (χ3n) is 7.46. The van der Waals surface area contributed by atoms with Crippen LogP contribution >= 0.6 is 11.6 Å². The van der Waals surface area contributed by atoms with Crippen molar-refractivity contribution in [2.45, 2.75) is 56.0 Å². The third kappa shape index (κ3) is 4.67. The number of carbonyl (C=O) groups is 3. The molecule has 1 aromatic rings. The Morgan fingerprint density at radius 1 is 1.24 bits per heavy atom. The highest BCUT2D eigenvalue weighted by molar-refractivity contribution is 6.32. The molecule has 180 valence electrons. The van der Waals surface area contributed by atoms with E-state index in [0.29, 0.717) is 29.1 Å². The van der Waals surface area contributed by atoms with Crippen molar-refractivity contribution in [2.24, 2.45) is 5.92 Å². The van der Waals surface area contributed by atoms with Crippen LogP contribution in [0.5, 0.6) is 0 Å². The van der Waals surface area contributed by atoms with Gasteiger partial charge < -0.3 is 9.64 Å². The number of methoxy groups -OCH3 is 1. The van der Waals surface area contributed by atoms with Gasteiger partial charge in [-0.15, -0.1) is 0 Å². The molecule has 4 rings (SSSR count). The predicted molar refractivity (Wildman–Crippen MR) is 124 cm³/mol. The van der Waals surface area contributed by atoms with E-state index in [1.165, 1.54) is 24.9 Å². The van der Waals surface area contributed by atoms with E-state index in [2.05, 4.69) is 10.9 Å². The summed E-state index contributed by atoms with van der Waals surface area (Å²) in [5.41, 5.74) is 5.97. The monoisotopic (exact) mass is 476 g/mol. The van der Waals surface area contributed by atoms with Gasteiger partial charge in [0.05, 0.1) is 18.6 Å². The molecule has 0 aromatic heterocycles. The normalized spacial score (nSPS) is 29.4. The summed E-state index contributed by atoms with van der Waals surface area (Å²) >= 11 is 6.49. The molecule has 0 radical (unpaired) electrons. The number of benzene rings is 1. The predicted octanol–water partition coefficient (Wildman–Crippen LogP) is 1.87. The highest BCUT2D eigenvalue weighted by atomic mass is 35.5. The molecule has 9 heteroatoms. The van der Waals surface area contributed by atoms with Crippen molar-refractivity contribution < 1.29 is 19.1 Å². The second-order valence-electron chi connectivity index (χ2n) is 9.48. The Kier molecular flexibility index (Phi) is 7.38. The highest BCUT2D eigenvalue weighted by Crippen LogP contribution is 2.43. The van der Waals surface area contributed by atoms with E-state index in [1.807, 2.05) is 0 Å². The molecule has 1 aromatic carbocycles. The lowest BCUT2D eigenvalue weighted by atomic mass is 9.75. The Morgan fingerprint density at radius 3 is 2.76 bits per heavy atom. The van der Waals surface area contributed by atoms with E-state index >= 15 is 0 Å². The molecule has 0 bridgehead atoms. The van der Waals surface area contributed by atoms with Crippen molar-refractivity contribution in [3.63, 3.8) is 0 Å². The lowest BCUT2D eigenvalue weighted by molar-refractivity contribution is -0.143. The lowest BCUT2D eigenvalue weighted by Gasteiger charge is -2.32. The zero-order chi connectivity index (χ0) is 23.6. The van der Waals surface area contributed by atoms with Crippen LogP contribution in [-0.4, -0.2) is 73.5 Å². The molecule has 3 aliphatic rings. The number of hydrogen-bond acceptors (Lipinski definition) is 6. The van der Waals surface area contributed by atoms with Crippen LogP contribution in [0.2, 0.25) is 5.02 Å². The molecular formula is C24H33ClN4O4. The van der Waals surface area contributed by atoms with Gasteiger partial charge in [-0.25, -0.2) is 0 Å². The number of hydrogen-bond donors (Lipinski definition) is 2. The molecule has 2 aliphatic heterocycles. The van der Waals surface area contributed by atoms with Gasteiger partial charge in [0.1, 0.15) is 0 Å². The summed E-state index contributed by atoms with van der Waals surface area (Å²) in [5, 5.41) is 0.384. The number of rotatable bonds is 8. The van der Waals surface area contributed by atoms with Crippen LogP contribution in [0, 0.1) is 5.92 Å². The van der Waals surface area contributed by atoms with Crippen molar-refractivity contribution in [2.75, 3.05) is 33.9 Å². The summed E-state index contributed by atoms with van der Waals surface area (Å²) in [7, 11) is 3.29. The van der Waals surface area contributed by atoms with E-state index in [4.69, 9.17) is 16.3 Å². The number of likely N-dealkylation sites (tertiary alicyclic amines) is 1. The highest BCUT2D eigenvalue weighted by Gasteiger charge is 2.54. The van der Waals surface area contributed by atoms with Gasteiger partial charge in [0.25, 0.3) is 0 Å². The zero-order valence-electron chi connectivity index (χ0n) is 19.3. The van der Waals surface area contributed by atoms with Gasteiger partial charge in [-0.2, -0.15) is 0 Å². The molecule has 33 heavy (non-hydrogen) atoms. The first kappa shape index (κ1) is 24.1. The number of fused-ring (bicyclic) bond motifs is 1. The summed E-state index contributed by atoms with van der Waals surface area (Å²) in [4.78, 5) is 42.8. The van der Waals surface area contributed by atoms with Gasteiger partial charge >= 0.3 is 0 Å². The fourth-order valence-corrected chi connectivity index (χ4v) is 5.93. The van der Waals surface area contributed by atoms with E-state index in [9.17, 15) is 14.4 Å². The number of hydrazine groups is 1. The maximum Gasteiger partial charge on any atom is 0.241 e. The summed E-state index contributed by atoms with van der Waals surface area (Å²) in [6.45, 7) is 0.944. The van der Waals surface area contributed by atoms with Crippen LogP contribution in [0.3, 0.4) is 0 Å². The molecule has 2 N–H and O–H groups in total. The number of halogens is 1. The van der Waals surface area contributed by atoms with E-state index < -0.39 is 5.41 Å². The molecule has 1 saturated carbocycles. The molecule has 8 nitrogen and oxygen atoms in total. The molecular weight excluding hydrogens is 444 g/mol. The van der Waals surface area contributed by atoms with Crippen molar-refractivity contribution in [1.82, 2.24) is 20.7 Å². The van der Waals surface area contributed by atoms with Crippen LogP contribution in [0.25, 0.3) is 0 Å². The second kappa shape index (κ2) is 10.1. The fourth-order valence-electron chi connectivity index (χ4n) is 5.62. The molecule has 4 atom stereocenters. The SMILES string of the molecule is COCCN1C(=O)CC(CC(=O)N(C)CC2NNC3CCCCC32)(c2ccccc2Cl)C1=O. The first-order valence-corrected chi connectivity index (χ1v) is 12.1. The minimum absolute atomic E-state index is 0.0766. The summed E-state index contributed by atoms with van der Waals surface area (Å²) in [6, 6.07) is 7.61. The zero-order valence-corrected chi connectivity index (χ0v) is 20.1. The largest absolute Gasteiger partial charge is 0.383 e. The fraction of sp³-hybridized carbons (Fsp3) is 0.625. The van der Waals surface area contributed by atoms with Gasteiger partial charge in [-0.05, 0) is 30.4 Å². The quantitative estimate of drug-likeness (QED) is 0.557. The van der Waals surface area contributed by atoms with E-state index in [0.717, 1.165) is 12.8 Å². The third-order valence-corrected chi connectivity index (χ3v) is 7.79. The van der Waals surface area contributed by atoms with E-state index in [1.54, 1.807) is 36.2 Å². The first-order chi connectivity index (χ1) is 15.9. The number of imide groups is 1. The number of carbonyl (C=O) groups excluding carboxylic acids is 3.